The number of fused-ring (bicyclic) bond motifs is 3. The summed E-state index contributed by atoms with van der Waals surface area (Å²) >= 11 is 6.61. The average Bonchev–Trinajstić information content (AvgIpc) is 3.74. The summed E-state index contributed by atoms with van der Waals surface area (Å²) in [5, 5.41) is 0. The minimum absolute atomic E-state index is 0.171. The Labute approximate surface area is 273 Å². The number of carbonyl (C=O) groups excluding carboxylic acids is 2. The van der Waals surface area contributed by atoms with Crippen molar-refractivity contribution in [1.29, 1.82) is 0 Å². The van der Waals surface area contributed by atoms with Crippen LogP contribution in [0.5, 0.6) is 0 Å². The third-order valence-corrected chi connectivity index (χ3v) is 10.2. The van der Waals surface area contributed by atoms with Crippen LogP contribution in [0.4, 0.5) is 11.4 Å². The van der Waals surface area contributed by atoms with E-state index in [2.05, 4.69) is 114 Å². The molecule has 3 aliphatic rings. The first kappa shape index (κ1) is 29.3. The molecule has 4 aromatic rings. The van der Waals surface area contributed by atoms with E-state index in [4.69, 9.17) is 17.0 Å². The number of carbonyl (C=O) groups is 2. The van der Waals surface area contributed by atoms with E-state index in [1.165, 1.54) is 63.8 Å². The lowest BCUT2D eigenvalue weighted by Crippen LogP contribution is -2.33. The van der Waals surface area contributed by atoms with Crippen molar-refractivity contribution in [2.75, 3.05) is 18.6 Å². The number of ether oxygens (including phenoxy) is 1. The van der Waals surface area contributed by atoms with E-state index in [1.807, 2.05) is 6.08 Å². The second-order valence-corrected chi connectivity index (χ2v) is 13.2. The Bertz CT molecular complexity index is 1790. The molecule has 1 amide bonds. The fourth-order valence-electron chi connectivity index (χ4n) is 6.75. The molecule has 4 aromatic carbocycles. The highest BCUT2D eigenvalue weighted by molar-refractivity contribution is 8.26. The molecule has 0 N–H and O–H groups in total. The molecular weight excluding hydrogens is 597 g/mol. The molecule has 0 aromatic heterocycles. The maximum Gasteiger partial charge on any atom is 0.325 e. The van der Waals surface area contributed by atoms with Gasteiger partial charge >= 0.3 is 5.97 Å². The highest BCUT2D eigenvalue weighted by Gasteiger charge is 2.42. The maximum absolute atomic E-state index is 13.0. The number of hydrogen-bond donors (Lipinski definition) is 0. The van der Waals surface area contributed by atoms with Crippen LogP contribution >= 0.6 is 24.0 Å². The van der Waals surface area contributed by atoms with Crippen molar-refractivity contribution in [3.8, 4) is 0 Å². The van der Waals surface area contributed by atoms with Gasteiger partial charge in [-0.15, -0.1) is 0 Å². The van der Waals surface area contributed by atoms with E-state index in [9.17, 15) is 9.59 Å². The average molecular weight is 629 g/mol. The van der Waals surface area contributed by atoms with Crippen molar-refractivity contribution in [1.82, 2.24) is 4.90 Å². The van der Waals surface area contributed by atoms with Crippen LogP contribution in [-0.4, -0.2) is 40.8 Å². The van der Waals surface area contributed by atoms with E-state index < -0.39 is 5.97 Å². The predicted molar refractivity (Wildman–Crippen MR) is 187 cm³/mol. The summed E-state index contributed by atoms with van der Waals surface area (Å²) in [4.78, 5) is 29.1. The van der Waals surface area contributed by atoms with Crippen LogP contribution in [0.1, 0.15) is 53.0 Å². The molecule has 0 bridgehead atoms. The van der Waals surface area contributed by atoms with Crippen molar-refractivity contribution >= 4 is 69.3 Å². The van der Waals surface area contributed by atoms with Gasteiger partial charge in [0.2, 0.25) is 0 Å². The topological polar surface area (TPSA) is 49.9 Å². The molecule has 2 atom stereocenters. The van der Waals surface area contributed by atoms with Gasteiger partial charge in [-0.1, -0.05) is 109 Å². The van der Waals surface area contributed by atoms with Gasteiger partial charge in [-0.05, 0) is 82.6 Å². The molecule has 2 aliphatic heterocycles. The number of nitrogens with zero attached hydrogens (tertiary/aromatic N) is 2. The Morgan fingerprint density at radius 2 is 1.58 bits per heavy atom. The molecule has 0 radical (unpaired) electrons. The molecule has 1 aliphatic carbocycles. The summed E-state index contributed by atoms with van der Waals surface area (Å²) in [5.41, 5.74) is 9.46. The second kappa shape index (κ2) is 12.5. The summed E-state index contributed by atoms with van der Waals surface area (Å²) in [5.74, 6) is -0.299. The van der Waals surface area contributed by atoms with Gasteiger partial charge in [0.15, 0.2) is 0 Å². The molecule has 2 unspecified atom stereocenters. The van der Waals surface area contributed by atoms with Crippen LogP contribution < -0.4 is 4.90 Å². The smallest absolute Gasteiger partial charge is 0.325 e. The maximum atomic E-state index is 13.0. The quantitative estimate of drug-likeness (QED) is 0.0886. The number of rotatable bonds is 7. The molecule has 5 nitrogen and oxygen atoms in total. The third kappa shape index (κ3) is 5.74. The monoisotopic (exact) mass is 628 g/mol. The molecule has 2 fully saturated rings. The van der Waals surface area contributed by atoms with Crippen LogP contribution in [0.3, 0.4) is 0 Å². The Kier molecular flexibility index (Phi) is 8.13. The van der Waals surface area contributed by atoms with Crippen molar-refractivity contribution < 1.29 is 14.3 Å². The third-order valence-electron chi connectivity index (χ3n) is 8.86. The molecule has 2 heterocycles. The van der Waals surface area contributed by atoms with Crippen molar-refractivity contribution in [2.24, 2.45) is 0 Å². The largest absolute Gasteiger partial charge is 0.468 e. The Balaban J connectivity index is 1.17. The lowest BCUT2D eigenvalue weighted by molar-refractivity contribution is -0.143. The lowest BCUT2D eigenvalue weighted by atomic mass is 9.95. The lowest BCUT2D eigenvalue weighted by Gasteiger charge is -2.27. The molecule has 1 saturated heterocycles. The fourth-order valence-corrected chi connectivity index (χ4v) is 8.00. The Hall–Kier alpha value is -4.46. The van der Waals surface area contributed by atoms with E-state index in [1.54, 1.807) is 0 Å². The number of methoxy groups -OCH3 is 1. The van der Waals surface area contributed by atoms with Crippen LogP contribution in [0.15, 0.2) is 108 Å². The number of anilines is 2. The standard InChI is InChI=1S/C38H32N2O3S2/c1-43-36(41)24-39-37(42)35(45-38(39)44)23-26-17-20-34-32(22-26)30-13-8-14-33(30)40(34)29-18-15-25(16-19-29)21-31(27-9-4-2-5-10-27)28-11-6-3-7-12-28/h2-7,9-12,15-23,30,33H,8,13-14,24H2,1H3/b35-23+. The van der Waals surface area contributed by atoms with E-state index in [0.29, 0.717) is 21.2 Å². The summed E-state index contributed by atoms with van der Waals surface area (Å²) in [6.45, 7) is -0.171. The number of thiocarbonyl (C=S) groups is 1. The summed E-state index contributed by atoms with van der Waals surface area (Å²) < 4.78 is 5.10. The van der Waals surface area contributed by atoms with Crippen LogP contribution in [0.25, 0.3) is 17.7 Å². The van der Waals surface area contributed by atoms with Gasteiger partial charge in [-0.2, -0.15) is 0 Å². The van der Waals surface area contributed by atoms with Crippen molar-refractivity contribution in [2.45, 2.75) is 31.2 Å². The van der Waals surface area contributed by atoms with Gasteiger partial charge in [0.25, 0.3) is 5.91 Å². The van der Waals surface area contributed by atoms with Crippen LogP contribution in [0, 0.1) is 0 Å². The van der Waals surface area contributed by atoms with Gasteiger partial charge in [0.05, 0.1) is 12.0 Å². The number of amides is 1. The number of esters is 1. The van der Waals surface area contributed by atoms with Gasteiger partial charge < -0.3 is 9.64 Å². The molecule has 7 heteroatoms. The molecule has 7 rings (SSSR count). The zero-order valence-corrected chi connectivity index (χ0v) is 26.5. The van der Waals surface area contributed by atoms with Gasteiger partial charge in [0.1, 0.15) is 10.9 Å². The first-order chi connectivity index (χ1) is 22.0. The fraction of sp³-hybridized carbons (Fsp3) is 0.184. The zero-order chi connectivity index (χ0) is 30.9. The molecule has 224 valence electrons. The summed E-state index contributed by atoms with van der Waals surface area (Å²) in [6, 6.07) is 36.9. The first-order valence-corrected chi connectivity index (χ1v) is 16.4. The van der Waals surface area contributed by atoms with Crippen LogP contribution in [0.2, 0.25) is 0 Å². The van der Waals surface area contributed by atoms with E-state index in [-0.39, 0.29) is 12.5 Å². The first-order valence-electron chi connectivity index (χ1n) is 15.2. The number of hydrogen-bond acceptors (Lipinski definition) is 6. The minimum atomic E-state index is -0.491. The summed E-state index contributed by atoms with van der Waals surface area (Å²) in [6.07, 6.45) is 7.65. The Morgan fingerprint density at radius 3 is 2.24 bits per heavy atom. The van der Waals surface area contributed by atoms with Gasteiger partial charge in [-0.3, -0.25) is 14.5 Å². The molecule has 45 heavy (non-hydrogen) atoms. The normalized spacial score (nSPS) is 19.5. The molecule has 1 saturated carbocycles. The van der Waals surface area contributed by atoms with E-state index in [0.717, 1.165) is 24.0 Å². The molecular formula is C38H32N2O3S2. The van der Waals surface area contributed by atoms with Crippen LogP contribution in [-0.2, 0) is 14.3 Å². The highest BCUT2D eigenvalue weighted by atomic mass is 32.2. The van der Waals surface area contributed by atoms with Crippen molar-refractivity contribution in [3.05, 3.63) is 136 Å². The SMILES string of the molecule is COC(=O)CN1C(=O)/C(=C\c2ccc3c(c2)C2CCCC2N3c2ccc(C=C(c3ccccc3)c3ccccc3)cc2)SC1=S. The molecule has 0 spiro atoms. The minimum Gasteiger partial charge on any atom is -0.468 e. The number of benzene rings is 4. The van der Waals surface area contributed by atoms with E-state index >= 15 is 0 Å². The highest BCUT2D eigenvalue weighted by Crippen LogP contribution is 2.52. The van der Waals surface area contributed by atoms with Gasteiger partial charge in [-0.25, -0.2) is 0 Å². The van der Waals surface area contributed by atoms with Gasteiger partial charge in [0, 0.05) is 23.3 Å². The zero-order valence-electron chi connectivity index (χ0n) is 24.9. The predicted octanol–water partition coefficient (Wildman–Crippen LogP) is 8.44. The van der Waals surface area contributed by atoms with Crippen molar-refractivity contribution in [3.63, 3.8) is 0 Å². The second-order valence-electron chi connectivity index (χ2n) is 11.5. The summed E-state index contributed by atoms with van der Waals surface area (Å²) in [7, 11) is 1.30. The number of thioether (sulfide) groups is 1. The Morgan fingerprint density at radius 1 is 0.911 bits per heavy atom.